The normalized spacial score (nSPS) is 11.2. The number of aromatic nitrogens is 1. The van der Waals surface area contributed by atoms with Gasteiger partial charge < -0.3 is 19.7 Å². The summed E-state index contributed by atoms with van der Waals surface area (Å²) in [4.78, 5) is 0. The largest absolute Gasteiger partial charge is 0.497 e. The molecule has 0 saturated carbocycles. The van der Waals surface area contributed by atoms with Gasteiger partial charge in [-0.3, -0.25) is 0 Å². The number of ether oxygens (including phenoxy) is 1. The number of hydrogen-bond acceptors (Lipinski definition) is 4. The van der Waals surface area contributed by atoms with Crippen LogP contribution < -0.4 is 10.1 Å². The van der Waals surface area contributed by atoms with Crippen molar-refractivity contribution < 1.29 is 14.2 Å². The van der Waals surface area contributed by atoms with Crippen molar-refractivity contribution >= 4 is 39.6 Å². The van der Waals surface area contributed by atoms with Crippen molar-refractivity contribution in [2.45, 2.75) is 6.54 Å². The molecule has 0 spiro atoms. The highest BCUT2D eigenvalue weighted by atomic mass is 32.1. The van der Waals surface area contributed by atoms with Crippen LogP contribution in [-0.2, 0) is 6.54 Å². The molecule has 0 saturated heterocycles. The molecule has 2 N–H and O–H groups in total. The molecular formula is C23H19FN4O2S. The van der Waals surface area contributed by atoms with Crippen LogP contribution in [0.3, 0.4) is 0 Å². The van der Waals surface area contributed by atoms with Crippen LogP contribution in [0.2, 0.25) is 0 Å². The van der Waals surface area contributed by atoms with Crippen LogP contribution in [0.1, 0.15) is 5.56 Å². The van der Waals surface area contributed by atoms with Crippen molar-refractivity contribution in [2.24, 2.45) is 10.2 Å². The zero-order valence-electron chi connectivity index (χ0n) is 16.6. The molecule has 0 atom stereocenters. The van der Waals surface area contributed by atoms with Gasteiger partial charge >= 0.3 is 0 Å². The van der Waals surface area contributed by atoms with Gasteiger partial charge in [0.25, 0.3) is 0 Å². The average Bonchev–Trinajstić information content (AvgIpc) is 3.05. The van der Waals surface area contributed by atoms with E-state index >= 15 is 0 Å². The SMILES string of the molecule is COc1ccc(NC(=S)N=Nc2c(O)n(Cc3ccc(F)cc3)c3ccccc23)cc1. The van der Waals surface area contributed by atoms with Gasteiger partial charge in [0.15, 0.2) is 5.69 Å². The van der Waals surface area contributed by atoms with E-state index in [0.29, 0.717) is 12.2 Å². The maximum absolute atomic E-state index is 13.2. The average molecular weight is 434 g/mol. The number of rotatable bonds is 5. The lowest BCUT2D eigenvalue weighted by atomic mass is 10.2. The number of azo groups is 1. The maximum atomic E-state index is 13.2. The van der Waals surface area contributed by atoms with E-state index in [-0.39, 0.29) is 16.8 Å². The molecule has 0 aliphatic carbocycles. The number of hydrogen-bond donors (Lipinski definition) is 2. The Morgan fingerprint density at radius 2 is 1.77 bits per heavy atom. The number of para-hydroxylation sites is 1. The lowest BCUT2D eigenvalue weighted by Gasteiger charge is -2.07. The standard InChI is InChI=1S/C23H19FN4O2S/c1-30-18-12-10-17(11-13-18)25-23(31)27-26-21-19-4-2-3-5-20(19)28(22(21)29)14-15-6-8-16(24)9-7-15/h2-13,29H,14H2,1H3,(H,25,31). The minimum Gasteiger partial charge on any atom is -0.497 e. The molecule has 31 heavy (non-hydrogen) atoms. The number of methoxy groups -OCH3 is 1. The van der Waals surface area contributed by atoms with E-state index in [4.69, 9.17) is 17.0 Å². The summed E-state index contributed by atoms with van der Waals surface area (Å²) < 4.78 is 20.1. The predicted octanol–water partition coefficient (Wildman–Crippen LogP) is 6.02. The molecule has 0 aliphatic heterocycles. The van der Waals surface area contributed by atoms with Crippen LogP contribution in [0.5, 0.6) is 11.6 Å². The zero-order chi connectivity index (χ0) is 21.8. The summed E-state index contributed by atoms with van der Waals surface area (Å²) in [6, 6.07) is 20.8. The fourth-order valence-corrected chi connectivity index (χ4v) is 3.38. The summed E-state index contributed by atoms with van der Waals surface area (Å²) >= 11 is 5.26. The molecule has 0 radical (unpaired) electrons. The Kier molecular flexibility index (Phi) is 5.90. The van der Waals surface area contributed by atoms with Gasteiger partial charge in [-0.05, 0) is 60.2 Å². The first-order valence-corrected chi connectivity index (χ1v) is 9.87. The van der Waals surface area contributed by atoms with Crippen LogP contribution in [0.25, 0.3) is 10.9 Å². The first kappa shape index (κ1) is 20.5. The second-order valence-electron chi connectivity index (χ2n) is 6.76. The summed E-state index contributed by atoms with van der Waals surface area (Å²) in [6.45, 7) is 0.358. The Bertz CT molecular complexity index is 1250. The fraction of sp³-hybridized carbons (Fsp3) is 0.0870. The number of benzene rings is 3. The van der Waals surface area contributed by atoms with Crippen molar-refractivity contribution in [1.29, 1.82) is 0 Å². The van der Waals surface area contributed by atoms with Crippen molar-refractivity contribution in [3.05, 3.63) is 84.2 Å². The van der Waals surface area contributed by atoms with Gasteiger partial charge in [-0.25, -0.2) is 4.39 Å². The van der Waals surface area contributed by atoms with Gasteiger partial charge in [0, 0.05) is 11.1 Å². The molecule has 8 heteroatoms. The highest BCUT2D eigenvalue weighted by Gasteiger charge is 2.16. The van der Waals surface area contributed by atoms with Crippen LogP contribution in [-0.4, -0.2) is 21.9 Å². The molecule has 156 valence electrons. The number of halogens is 1. The van der Waals surface area contributed by atoms with Crippen molar-refractivity contribution in [3.8, 4) is 11.6 Å². The minimum absolute atomic E-state index is 0.0403. The minimum atomic E-state index is -0.308. The van der Waals surface area contributed by atoms with Gasteiger partial charge in [-0.1, -0.05) is 30.3 Å². The van der Waals surface area contributed by atoms with E-state index in [1.165, 1.54) is 12.1 Å². The lowest BCUT2D eigenvalue weighted by molar-refractivity contribution is 0.415. The lowest BCUT2D eigenvalue weighted by Crippen LogP contribution is -2.04. The van der Waals surface area contributed by atoms with Crippen molar-refractivity contribution in [2.75, 3.05) is 12.4 Å². The molecule has 1 heterocycles. The van der Waals surface area contributed by atoms with E-state index in [0.717, 1.165) is 27.9 Å². The zero-order valence-corrected chi connectivity index (χ0v) is 17.4. The van der Waals surface area contributed by atoms with Crippen LogP contribution in [0.4, 0.5) is 15.8 Å². The maximum Gasteiger partial charge on any atom is 0.221 e. The van der Waals surface area contributed by atoms with Crippen molar-refractivity contribution in [1.82, 2.24) is 4.57 Å². The van der Waals surface area contributed by atoms with Crippen LogP contribution >= 0.6 is 12.2 Å². The number of nitrogens with one attached hydrogen (secondary N) is 1. The predicted molar refractivity (Wildman–Crippen MR) is 123 cm³/mol. The summed E-state index contributed by atoms with van der Waals surface area (Å²) in [5.74, 6) is 0.385. The Labute approximate surface area is 183 Å². The molecule has 0 aliphatic rings. The Hall–Kier alpha value is -3.78. The summed E-state index contributed by atoms with van der Waals surface area (Å²) in [6.07, 6.45) is 0. The molecule has 0 amide bonds. The number of aromatic hydroxyl groups is 1. The smallest absolute Gasteiger partial charge is 0.221 e. The van der Waals surface area contributed by atoms with Gasteiger partial charge in [0.05, 0.1) is 19.2 Å². The molecule has 1 aromatic heterocycles. The Morgan fingerprint density at radius 1 is 1.06 bits per heavy atom. The fourth-order valence-electron chi connectivity index (χ4n) is 3.22. The second-order valence-corrected chi connectivity index (χ2v) is 7.15. The molecule has 6 nitrogen and oxygen atoms in total. The van der Waals surface area contributed by atoms with Gasteiger partial charge in [-0.2, -0.15) is 0 Å². The molecular weight excluding hydrogens is 415 g/mol. The van der Waals surface area contributed by atoms with E-state index in [1.807, 2.05) is 36.4 Å². The number of fused-ring (bicyclic) bond motifs is 1. The third-order valence-electron chi connectivity index (χ3n) is 4.75. The Balaban J connectivity index is 1.60. The van der Waals surface area contributed by atoms with E-state index in [9.17, 15) is 9.50 Å². The molecule has 0 fully saturated rings. The van der Waals surface area contributed by atoms with E-state index < -0.39 is 0 Å². The third-order valence-corrected chi connectivity index (χ3v) is 4.94. The number of anilines is 1. The summed E-state index contributed by atoms with van der Waals surface area (Å²) in [7, 11) is 1.60. The molecule has 0 bridgehead atoms. The van der Waals surface area contributed by atoms with Gasteiger partial charge in [-0.15, -0.1) is 10.2 Å². The van der Waals surface area contributed by atoms with E-state index in [1.54, 1.807) is 35.9 Å². The van der Waals surface area contributed by atoms with Crippen LogP contribution in [0, 0.1) is 5.82 Å². The molecule has 3 aromatic carbocycles. The molecule has 4 aromatic rings. The first-order chi connectivity index (χ1) is 15.0. The van der Waals surface area contributed by atoms with Gasteiger partial charge in [0.1, 0.15) is 11.6 Å². The van der Waals surface area contributed by atoms with Crippen LogP contribution in [0.15, 0.2) is 83.0 Å². The summed E-state index contributed by atoms with van der Waals surface area (Å²) in [5.41, 5.74) is 2.69. The highest BCUT2D eigenvalue weighted by Crippen LogP contribution is 2.39. The Morgan fingerprint density at radius 3 is 2.48 bits per heavy atom. The number of thiocarbonyl (C=S) groups is 1. The highest BCUT2D eigenvalue weighted by molar-refractivity contribution is 7.80. The molecule has 0 unspecified atom stereocenters. The third kappa shape index (κ3) is 4.54. The van der Waals surface area contributed by atoms with E-state index in [2.05, 4.69) is 15.5 Å². The monoisotopic (exact) mass is 434 g/mol. The topological polar surface area (TPSA) is 71.1 Å². The number of nitrogens with zero attached hydrogens (tertiary/aromatic N) is 3. The van der Waals surface area contributed by atoms with Crippen molar-refractivity contribution in [3.63, 3.8) is 0 Å². The molecule has 4 rings (SSSR count). The second kappa shape index (κ2) is 8.93. The quantitative estimate of drug-likeness (QED) is 0.297. The summed E-state index contributed by atoms with van der Waals surface area (Å²) in [5, 5.41) is 23.0. The first-order valence-electron chi connectivity index (χ1n) is 9.46. The van der Waals surface area contributed by atoms with Gasteiger partial charge in [0.2, 0.25) is 11.0 Å².